The maximum atomic E-state index is 11.5. The fraction of sp³-hybridized carbons (Fsp3) is 0.200. The van der Waals surface area contributed by atoms with Crippen LogP contribution in [0.1, 0.15) is 12.5 Å². The zero-order valence-corrected chi connectivity index (χ0v) is 8.84. The monoisotopic (exact) mass is 211 g/mol. The fourth-order valence-electron chi connectivity index (χ4n) is 1.01. The van der Waals surface area contributed by atoms with Crippen LogP contribution in [0.25, 0.3) is 0 Å². The lowest BCUT2D eigenvalue weighted by atomic mass is 10.2. The molecule has 0 bridgehead atoms. The first-order valence-electron chi connectivity index (χ1n) is 4.09. The highest BCUT2D eigenvalue weighted by Gasteiger charge is 2.08. The average Bonchev–Trinajstić information content (AvgIpc) is 2.02. The second kappa shape index (κ2) is 3.84. The van der Waals surface area contributed by atoms with Crippen LogP contribution in [-0.4, -0.2) is 8.42 Å². The van der Waals surface area contributed by atoms with Gasteiger partial charge in [0, 0.05) is 5.41 Å². The lowest BCUT2D eigenvalue weighted by Gasteiger charge is -2.05. The number of hydrogen-bond acceptors (Lipinski definition) is 3. The highest BCUT2D eigenvalue weighted by atomic mass is 32.2. The van der Waals surface area contributed by atoms with E-state index in [1.165, 1.54) is 19.1 Å². The first-order chi connectivity index (χ1) is 6.42. The molecule has 76 valence electrons. The van der Waals surface area contributed by atoms with Gasteiger partial charge >= 0.3 is 0 Å². The van der Waals surface area contributed by atoms with Gasteiger partial charge in [-0.1, -0.05) is 24.6 Å². The van der Waals surface area contributed by atoms with Gasteiger partial charge in [-0.05, 0) is 19.1 Å². The van der Waals surface area contributed by atoms with E-state index in [4.69, 9.17) is 0 Å². The summed E-state index contributed by atoms with van der Waals surface area (Å²) in [6, 6.07) is 6.37. The van der Waals surface area contributed by atoms with Crippen molar-refractivity contribution in [1.29, 1.82) is 0 Å². The molecule has 1 aromatic rings. The summed E-state index contributed by atoms with van der Waals surface area (Å²) >= 11 is 0. The molecule has 0 atom stereocenters. The summed E-state index contributed by atoms with van der Waals surface area (Å²) in [5.74, 6) is -0.467. The van der Waals surface area contributed by atoms with E-state index < -0.39 is 15.6 Å². The smallest absolute Gasteiger partial charge is 0.198 e. The first-order valence-corrected chi connectivity index (χ1v) is 5.63. The Bertz CT molecular complexity index is 437. The van der Waals surface area contributed by atoms with Crippen molar-refractivity contribution in [3.63, 3.8) is 0 Å². The Balaban J connectivity index is 3.18. The maximum Gasteiger partial charge on any atom is 0.198 e. The Morgan fingerprint density at radius 1 is 1.29 bits per heavy atom. The molecule has 0 saturated heterocycles. The molecule has 0 aromatic heterocycles. The summed E-state index contributed by atoms with van der Waals surface area (Å²) in [6.45, 7) is 3.08. The minimum atomic E-state index is -3.55. The number of allylic oxidation sites excluding steroid dienone is 1. The first kappa shape index (κ1) is 10.8. The molecule has 3 nitrogen and oxygen atoms in total. The Morgan fingerprint density at radius 3 is 2.21 bits per heavy atom. The molecule has 0 fully saturated rings. The van der Waals surface area contributed by atoms with Crippen LogP contribution in [0.2, 0.25) is 0 Å². The van der Waals surface area contributed by atoms with Gasteiger partial charge < -0.3 is 5.11 Å². The molecule has 0 unspecified atom stereocenters. The molecule has 0 spiro atoms. The van der Waals surface area contributed by atoms with E-state index in [2.05, 4.69) is 0 Å². The van der Waals surface area contributed by atoms with Crippen molar-refractivity contribution in [2.24, 2.45) is 0 Å². The molecule has 14 heavy (non-hydrogen) atoms. The zero-order valence-electron chi connectivity index (χ0n) is 8.02. The number of benzene rings is 1. The Labute approximate surface area is 83.6 Å². The van der Waals surface area contributed by atoms with Crippen LogP contribution < -0.4 is 5.11 Å². The van der Waals surface area contributed by atoms with Crippen molar-refractivity contribution in [1.82, 2.24) is 0 Å². The third-order valence-corrected chi connectivity index (χ3v) is 3.24. The van der Waals surface area contributed by atoms with Crippen LogP contribution in [-0.2, 0) is 9.84 Å². The van der Waals surface area contributed by atoms with Gasteiger partial charge in [-0.25, -0.2) is 8.42 Å². The van der Waals surface area contributed by atoms with Gasteiger partial charge in [-0.15, -0.1) is 5.76 Å². The van der Waals surface area contributed by atoms with Crippen LogP contribution in [0.15, 0.2) is 40.3 Å². The standard InChI is InChI=1S/C10H12O3S/c1-8-3-5-10(6-4-8)14(12,13)7-9(2)11/h3-7,11H,1-2H3/p-1/b9-7-. The van der Waals surface area contributed by atoms with Gasteiger partial charge in [0.15, 0.2) is 9.84 Å². The molecule has 4 heteroatoms. The predicted molar refractivity (Wildman–Crippen MR) is 52.1 cm³/mol. The van der Waals surface area contributed by atoms with Crippen LogP contribution >= 0.6 is 0 Å². The number of aryl methyl sites for hydroxylation is 1. The Hall–Kier alpha value is -1.29. The van der Waals surface area contributed by atoms with Crippen LogP contribution in [0, 0.1) is 6.92 Å². The number of sulfone groups is 1. The van der Waals surface area contributed by atoms with Crippen molar-refractivity contribution >= 4 is 9.84 Å². The van der Waals surface area contributed by atoms with Crippen molar-refractivity contribution in [3.05, 3.63) is 41.0 Å². The molecule has 1 rings (SSSR count). The van der Waals surface area contributed by atoms with E-state index in [1.807, 2.05) is 6.92 Å². The zero-order chi connectivity index (χ0) is 10.8. The third kappa shape index (κ3) is 2.60. The number of hydrogen-bond donors (Lipinski definition) is 0. The molecule has 0 aliphatic heterocycles. The minimum Gasteiger partial charge on any atom is -0.875 e. The van der Waals surface area contributed by atoms with Gasteiger partial charge in [0.2, 0.25) is 0 Å². The van der Waals surface area contributed by atoms with Crippen molar-refractivity contribution < 1.29 is 13.5 Å². The molecule has 0 radical (unpaired) electrons. The third-order valence-electron chi connectivity index (χ3n) is 1.67. The molecule has 0 N–H and O–H groups in total. The Kier molecular flexibility index (Phi) is 2.96. The van der Waals surface area contributed by atoms with E-state index in [0.717, 1.165) is 11.0 Å². The van der Waals surface area contributed by atoms with Crippen molar-refractivity contribution in [2.75, 3.05) is 0 Å². The van der Waals surface area contributed by atoms with E-state index in [9.17, 15) is 13.5 Å². The Morgan fingerprint density at radius 2 is 1.79 bits per heavy atom. The molecule has 1 aromatic carbocycles. The second-order valence-electron chi connectivity index (χ2n) is 3.09. The summed E-state index contributed by atoms with van der Waals surface area (Å²) in [5.41, 5.74) is 0.978. The second-order valence-corrected chi connectivity index (χ2v) is 4.88. The summed E-state index contributed by atoms with van der Waals surface area (Å²) in [4.78, 5) is 0.151. The van der Waals surface area contributed by atoms with Gasteiger partial charge in [0.1, 0.15) is 0 Å². The lowest BCUT2D eigenvalue weighted by Crippen LogP contribution is -2.04. The maximum absolute atomic E-state index is 11.5. The topological polar surface area (TPSA) is 57.2 Å². The molecular formula is C10H11O3S-. The molecule has 0 amide bonds. The normalized spacial score (nSPS) is 12.9. The molecule has 0 saturated carbocycles. The summed E-state index contributed by atoms with van der Waals surface area (Å²) in [6.07, 6.45) is 0. The minimum absolute atomic E-state index is 0.151. The van der Waals surface area contributed by atoms with Gasteiger partial charge in [-0.3, -0.25) is 0 Å². The lowest BCUT2D eigenvalue weighted by molar-refractivity contribution is -0.301. The van der Waals surface area contributed by atoms with Crippen LogP contribution in [0.4, 0.5) is 0 Å². The highest BCUT2D eigenvalue weighted by molar-refractivity contribution is 7.94. The molecule has 0 heterocycles. The quantitative estimate of drug-likeness (QED) is 0.685. The van der Waals surface area contributed by atoms with Crippen LogP contribution in [0.5, 0.6) is 0 Å². The van der Waals surface area contributed by atoms with Gasteiger partial charge in [-0.2, -0.15) is 0 Å². The number of rotatable bonds is 2. The van der Waals surface area contributed by atoms with Gasteiger partial charge in [0.05, 0.1) is 4.90 Å². The summed E-state index contributed by atoms with van der Waals surface area (Å²) in [7, 11) is -3.55. The highest BCUT2D eigenvalue weighted by Crippen LogP contribution is 2.13. The van der Waals surface area contributed by atoms with Crippen molar-refractivity contribution in [3.8, 4) is 0 Å². The van der Waals surface area contributed by atoms with E-state index in [-0.39, 0.29) is 4.90 Å². The summed E-state index contributed by atoms with van der Waals surface area (Å²) in [5, 5.41) is 11.4. The van der Waals surface area contributed by atoms with E-state index in [1.54, 1.807) is 12.1 Å². The largest absolute Gasteiger partial charge is 0.875 e. The fourth-order valence-corrected chi connectivity index (χ4v) is 2.10. The van der Waals surface area contributed by atoms with E-state index in [0.29, 0.717) is 0 Å². The molecular weight excluding hydrogens is 200 g/mol. The molecule has 0 aliphatic rings. The SMILES string of the molecule is C/C([O-])=C/S(=O)(=O)c1ccc(C)cc1. The van der Waals surface area contributed by atoms with Gasteiger partial charge in [0.25, 0.3) is 0 Å². The van der Waals surface area contributed by atoms with E-state index >= 15 is 0 Å². The average molecular weight is 211 g/mol. The molecule has 0 aliphatic carbocycles. The van der Waals surface area contributed by atoms with Crippen molar-refractivity contribution in [2.45, 2.75) is 18.7 Å². The summed E-state index contributed by atoms with van der Waals surface area (Å²) < 4.78 is 23.0. The predicted octanol–water partition coefficient (Wildman–Crippen LogP) is 0.990. The van der Waals surface area contributed by atoms with Crippen LogP contribution in [0.3, 0.4) is 0 Å².